The molecule has 9 heteroatoms. The molecule has 2 amide bonds. The number of ether oxygens (including phenoxy) is 1. The lowest BCUT2D eigenvalue weighted by Gasteiger charge is -2.19. The number of rotatable bonds is 9. The van der Waals surface area contributed by atoms with Crippen LogP contribution in [0.15, 0.2) is 65.5 Å². The maximum absolute atomic E-state index is 12.7. The van der Waals surface area contributed by atoms with Crippen LogP contribution in [0.2, 0.25) is 5.02 Å². The van der Waals surface area contributed by atoms with Gasteiger partial charge in [-0.3, -0.25) is 14.4 Å². The number of anilines is 1. The van der Waals surface area contributed by atoms with Gasteiger partial charge in [-0.05, 0) is 50.2 Å². The molecule has 0 fully saturated rings. The van der Waals surface area contributed by atoms with Gasteiger partial charge in [0.15, 0.2) is 0 Å². The van der Waals surface area contributed by atoms with Crippen LogP contribution < -0.4 is 15.6 Å². The summed E-state index contributed by atoms with van der Waals surface area (Å²) in [4.78, 5) is 39.0. The lowest BCUT2D eigenvalue weighted by atomic mass is 10.1. The van der Waals surface area contributed by atoms with Crippen LogP contribution in [-0.2, 0) is 6.54 Å². The van der Waals surface area contributed by atoms with Crippen molar-refractivity contribution in [3.8, 4) is 5.75 Å². The van der Waals surface area contributed by atoms with Gasteiger partial charge in [-0.15, -0.1) is 0 Å². The summed E-state index contributed by atoms with van der Waals surface area (Å²) in [7, 11) is 0. The SMILES string of the molecule is CCN(CC)C(=O)c1ccc(NC(=O)c2ccc(=O)n(CCOc3ccccc3)n2)cc1Cl. The topological polar surface area (TPSA) is 93.5 Å². The Morgan fingerprint density at radius 2 is 1.79 bits per heavy atom. The molecule has 1 N–H and O–H groups in total. The van der Waals surface area contributed by atoms with Gasteiger partial charge in [-0.1, -0.05) is 29.8 Å². The molecule has 1 aromatic heterocycles. The number of nitrogens with zero attached hydrogens (tertiary/aromatic N) is 3. The van der Waals surface area contributed by atoms with E-state index in [0.717, 1.165) is 0 Å². The number of para-hydroxylation sites is 1. The molecule has 8 nitrogen and oxygen atoms in total. The molecule has 3 rings (SSSR count). The van der Waals surface area contributed by atoms with Crippen LogP contribution >= 0.6 is 11.6 Å². The number of nitrogens with one attached hydrogen (secondary N) is 1. The number of halogens is 1. The van der Waals surface area contributed by atoms with Gasteiger partial charge in [-0.25, -0.2) is 4.68 Å². The second-order valence-electron chi connectivity index (χ2n) is 7.07. The minimum Gasteiger partial charge on any atom is -0.492 e. The first kappa shape index (κ1) is 24.0. The predicted molar refractivity (Wildman–Crippen MR) is 127 cm³/mol. The zero-order chi connectivity index (χ0) is 23.8. The third-order valence-electron chi connectivity index (χ3n) is 4.92. The van der Waals surface area contributed by atoms with Crippen LogP contribution in [0.25, 0.3) is 0 Å². The van der Waals surface area contributed by atoms with Crippen LogP contribution in [0.3, 0.4) is 0 Å². The van der Waals surface area contributed by atoms with Gasteiger partial charge in [0, 0.05) is 24.8 Å². The van der Waals surface area contributed by atoms with Crippen molar-refractivity contribution in [2.45, 2.75) is 20.4 Å². The van der Waals surface area contributed by atoms with Gasteiger partial charge in [0.25, 0.3) is 17.4 Å². The second-order valence-corrected chi connectivity index (χ2v) is 7.47. The molecule has 0 saturated heterocycles. The number of carbonyl (C=O) groups is 2. The highest BCUT2D eigenvalue weighted by Gasteiger charge is 2.17. The molecule has 0 bridgehead atoms. The Labute approximate surface area is 196 Å². The van der Waals surface area contributed by atoms with E-state index in [1.54, 1.807) is 17.0 Å². The molecule has 0 atom stereocenters. The van der Waals surface area contributed by atoms with E-state index in [4.69, 9.17) is 16.3 Å². The van der Waals surface area contributed by atoms with E-state index in [-0.39, 0.29) is 35.3 Å². The van der Waals surface area contributed by atoms with Crippen LogP contribution in [-0.4, -0.2) is 46.2 Å². The van der Waals surface area contributed by atoms with Crippen molar-refractivity contribution in [3.05, 3.63) is 87.3 Å². The molecule has 0 aliphatic carbocycles. The quantitative estimate of drug-likeness (QED) is 0.516. The van der Waals surface area contributed by atoms with E-state index in [1.807, 2.05) is 44.2 Å². The highest BCUT2D eigenvalue weighted by molar-refractivity contribution is 6.34. The summed E-state index contributed by atoms with van der Waals surface area (Å²) < 4.78 is 6.77. The zero-order valence-electron chi connectivity index (χ0n) is 18.5. The number of hydrogen-bond acceptors (Lipinski definition) is 5. The molecule has 0 radical (unpaired) electrons. The summed E-state index contributed by atoms with van der Waals surface area (Å²) in [6.45, 7) is 5.33. The fourth-order valence-corrected chi connectivity index (χ4v) is 3.40. The average Bonchev–Trinajstić information content (AvgIpc) is 2.81. The maximum Gasteiger partial charge on any atom is 0.276 e. The number of amides is 2. The first-order valence-corrected chi connectivity index (χ1v) is 11.0. The Kier molecular flexibility index (Phi) is 8.21. The molecule has 0 aliphatic heterocycles. The molecule has 172 valence electrons. The smallest absolute Gasteiger partial charge is 0.276 e. The van der Waals surface area contributed by atoms with E-state index in [1.165, 1.54) is 22.9 Å². The van der Waals surface area contributed by atoms with Crippen LogP contribution in [0.5, 0.6) is 5.75 Å². The van der Waals surface area contributed by atoms with Gasteiger partial charge in [0.2, 0.25) is 0 Å². The highest BCUT2D eigenvalue weighted by Crippen LogP contribution is 2.23. The van der Waals surface area contributed by atoms with Crippen LogP contribution in [0, 0.1) is 0 Å². The Bertz CT molecular complexity index is 1180. The Hall–Kier alpha value is -3.65. The van der Waals surface area contributed by atoms with Crippen molar-refractivity contribution >= 4 is 29.1 Å². The van der Waals surface area contributed by atoms with E-state index in [2.05, 4.69) is 10.4 Å². The summed E-state index contributed by atoms with van der Waals surface area (Å²) >= 11 is 6.29. The van der Waals surface area contributed by atoms with E-state index < -0.39 is 5.91 Å². The number of hydrogen-bond donors (Lipinski definition) is 1. The normalized spacial score (nSPS) is 10.5. The van der Waals surface area contributed by atoms with Crippen molar-refractivity contribution < 1.29 is 14.3 Å². The molecular formula is C24H25ClN4O4. The lowest BCUT2D eigenvalue weighted by Crippen LogP contribution is -2.30. The van der Waals surface area contributed by atoms with Gasteiger partial charge in [0.05, 0.1) is 17.1 Å². The van der Waals surface area contributed by atoms with Crippen molar-refractivity contribution in [2.24, 2.45) is 0 Å². The summed E-state index contributed by atoms with van der Waals surface area (Å²) in [5.74, 6) is 0.000188. The predicted octanol–water partition coefficient (Wildman–Crippen LogP) is 3.71. The molecule has 0 unspecified atom stereocenters. The second kappa shape index (κ2) is 11.3. The standard InChI is InChI=1S/C24H25ClN4O4/c1-3-28(4-2)24(32)19-11-10-17(16-20(19)25)26-23(31)21-12-13-22(30)29(27-21)14-15-33-18-8-6-5-7-9-18/h5-13,16H,3-4,14-15H2,1-2H3,(H,26,31). The molecule has 1 heterocycles. The number of benzene rings is 2. The average molecular weight is 469 g/mol. The Morgan fingerprint density at radius 1 is 1.06 bits per heavy atom. The first-order chi connectivity index (χ1) is 15.9. The number of aromatic nitrogens is 2. The minimum atomic E-state index is -0.508. The monoisotopic (exact) mass is 468 g/mol. The number of carbonyl (C=O) groups excluding carboxylic acids is 2. The minimum absolute atomic E-state index is 0.0636. The van der Waals surface area contributed by atoms with Crippen molar-refractivity contribution in [2.75, 3.05) is 25.0 Å². The zero-order valence-corrected chi connectivity index (χ0v) is 19.2. The molecule has 0 aliphatic rings. The highest BCUT2D eigenvalue weighted by atomic mass is 35.5. The molecule has 0 spiro atoms. The third kappa shape index (κ3) is 6.20. The summed E-state index contributed by atoms with van der Waals surface area (Å²) in [5.41, 5.74) is 0.496. The largest absolute Gasteiger partial charge is 0.492 e. The Morgan fingerprint density at radius 3 is 2.45 bits per heavy atom. The third-order valence-corrected chi connectivity index (χ3v) is 5.24. The Balaban J connectivity index is 1.67. The fourth-order valence-electron chi connectivity index (χ4n) is 3.14. The van der Waals surface area contributed by atoms with E-state index >= 15 is 0 Å². The first-order valence-electron chi connectivity index (χ1n) is 10.6. The van der Waals surface area contributed by atoms with Crippen LogP contribution in [0.1, 0.15) is 34.7 Å². The maximum atomic E-state index is 12.7. The summed E-state index contributed by atoms with van der Waals surface area (Å²) in [6.07, 6.45) is 0. The fraction of sp³-hybridized carbons (Fsp3) is 0.250. The van der Waals surface area contributed by atoms with Crippen molar-refractivity contribution in [1.82, 2.24) is 14.7 Å². The lowest BCUT2D eigenvalue weighted by molar-refractivity contribution is 0.0773. The molecule has 2 aromatic carbocycles. The van der Waals surface area contributed by atoms with Crippen molar-refractivity contribution in [3.63, 3.8) is 0 Å². The molecule has 33 heavy (non-hydrogen) atoms. The summed E-state index contributed by atoms with van der Waals surface area (Å²) in [6, 6.07) is 16.5. The molecule has 0 saturated carbocycles. The van der Waals surface area contributed by atoms with E-state index in [9.17, 15) is 14.4 Å². The van der Waals surface area contributed by atoms with Gasteiger partial charge in [-0.2, -0.15) is 5.10 Å². The summed E-state index contributed by atoms with van der Waals surface area (Å²) in [5, 5.41) is 7.06. The molecular weight excluding hydrogens is 444 g/mol. The van der Waals surface area contributed by atoms with Crippen LogP contribution in [0.4, 0.5) is 5.69 Å². The van der Waals surface area contributed by atoms with Gasteiger partial charge in [0.1, 0.15) is 18.1 Å². The van der Waals surface area contributed by atoms with Crippen molar-refractivity contribution in [1.29, 1.82) is 0 Å². The molecule has 3 aromatic rings. The van der Waals surface area contributed by atoms with Gasteiger partial charge >= 0.3 is 0 Å². The van der Waals surface area contributed by atoms with Gasteiger partial charge < -0.3 is 15.0 Å². The van der Waals surface area contributed by atoms with E-state index in [0.29, 0.717) is 30.1 Å².